The molecular weight excluding hydrogens is 452 g/mol. The van der Waals surface area contributed by atoms with Crippen LogP contribution < -0.4 is 0 Å². The molecule has 3 aromatic carbocycles. The summed E-state index contributed by atoms with van der Waals surface area (Å²) < 4.78 is 0. The van der Waals surface area contributed by atoms with E-state index < -0.39 is 11.9 Å². The zero-order valence-electron chi connectivity index (χ0n) is 17.9. The van der Waals surface area contributed by atoms with Crippen LogP contribution >= 0.6 is 0 Å². The smallest absolute Gasteiger partial charge is 0.338 e. The van der Waals surface area contributed by atoms with Crippen LogP contribution in [0, 0.1) is 0 Å². The van der Waals surface area contributed by atoms with Gasteiger partial charge in [0, 0.05) is 17.9 Å². The van der Waals surface area contributed by atoms with Crippen molar-refractivity contribution < 1.29 is 30.0 Å². The Morgan fingerprint density at radius 2 is 1.43 bits per heavy atom. The summed E-state index contributed by atoms with van der Waals surface area (Å²) in [6.07, 6.45) is 0.172. The standard InChI is InChI=1S/C25H16N4O6/c30-15-5-1-3-12-21(15)28-23-14(26-12)7-10(8-18(23)33)19-17(32)9-11(25(34)35)20-24(19)29-22-13(27-20)4-2-6-16(22)31/h1-6,9-10,30-32H,7-8H2,(H,34,35)/t10-/m0/s1. The summed E-state index contributed by atoms with van der Waals surface area (Å²) in [5.74, 6) is -2.80. The Morgan fingerprint density at radius 3 is 2.11 bits per heavy atom. The van der Waals surface area contributed by atoms with Gasteiger partial charge in [0.1, 0.15) is 39.5 Å². The van der Waals surface area contributed by atoms with Gasteiger partial charge in [0.25, 0.3) is 0 Å². The Labute approximate surface area is 196 Å². The second kappa shape index (κ2) is 7.32. The number of carbonyl (C=O) groups is 2. The molecule has 4 N–H and O–H groups in total. The molecule has 0 amide bonds. The zero-order chi connectivity index (χ0) is 24.4. The first-order valence-corrected chi connectivity index (χ1v) is 10.7. The summed E-state index contributed by atoms with van der Waals surface area (Å²) >= 11 is 0. The Balaban J connectivity index is 1.59. The highest BCUT2D eigenvalue weighted by Crippen LogP contribution is 2.41. The molecule has 0 saturated carbocycles. The molecule has 2 aromatic heterocycles. The molecule has 1 aliphatic rings. The van der Waals surface area contributed by atoms with Crippen LogP contribution in [-0.2, 0) is 6.42 Å². The lowest BCUT2D eigenvalue weighted by Gasteiger charge is -2.25. The fraction of sp³-hybridized carbons (Fsp3) is 0.120. The number of fused-ring (bicyclic) bond motifs is 4. The number of hydrogen-bond acceptors (Lipinski definition) is 9. The zero-order valence-corrected chi connectivity index (χ0v) is 17.9. The van der Waals surface area contributed by atoms with Crippen molar-refractivity contribution in [1.82, 2.24) is 19.9 Å². The largest absolute Gasteiger partial charge is 0.508 e. The van der Waals surface area contributed by atoms with Gasteiger partial charge in [0.05, 0.1) is 27.8 Å². The van der Waals surface area contributed by atoms with E-state index in [4.69, 9.17) is 0 Å². The lowest BCUT2D eigenvalue weighted by molar-refractivity contribution is 0.0698. The number of nitrogens with zero attached hydrogens (tertiary/aromatic N) is 4. The number of phenols is 3. The highest BCUT2D eigenvalue weighted by atomic mass is 16.4. The number of rotatable bonds is 2. The second-order valence-corrected chi connectivity index (χ2v) is 8.42. The molecule has 1 atom stereocenters. The maximum atomic E-state index is 13.1. The number of para-hydroxylation sites is 2. The SMILES string of the molecule is O=C1C[C@@H](c2c(O)cc(C(=O)O)c3nc4cccc(O)c4nc23)Cc2nc3cccc(O)c3nc21. The molecule has 10 heteroatoms. The molecule has 2 heterocycles. The van der Waals surface area contributed by atoms with Crippen molar-refractivity contribution in [2.45, 2.75) is 18.8 Å². The molecule has 10 nitrogen and oxygen atoms in total. The number of hydrogen-bond donors (Lipinski definition) is 4. The number of ketones is 1. The number of carbonyl (C=O) groups excluding carboxylic acids is 1. The number of carboxylic acids is 1. The topological polar surface area (TPSA) is 167 Å². The van der Waals surface area contributed by atoms with Crippen molar-refractivity contribution in [2.24, 2.45) is 0 Å². The molecule has 172 valence electrons. The molecule has 1 aliphatic carbocycles. The predicted octanol–water partition coefficient (Wildman–Crippen LogP) is 3.45. The van der Waals surface area contributed by atoms with Gasteiger partial charge in [-0.1, -0.05) is 12.1 Å². The van der Waals surface area contributed by atoms with E-state index in [1.54, 1.807) is 24.3 Å². The van der Waals surface area contributed by atoms with E-state index in [-0.39, 0.29) is 74.8 Å². The van der Waals surface area contributed by atoms with Gasteiger partial charge in [0.15, 0.2) is 5.78 Å². The first-order chi connectivity index (χ1) is 16.8. The second-order valence-electron chi connectivity index (χ2n) is 8.42. The summed E-state index contributed by atoms with van der Waals surface area (Å²) in [6.45, 7) is 0. The van der Waals surface area contributed by atoms with Crippen molar-refractivity contribution in [1.29, 1.82) is 0 Å². The van der Waals surface area contributed by atoms with Gasteiger partial charge in [-0.05, 0) is 36.8 Å². The van der Waals surface area contributed by atoms with Crippen LogP contribution in [0.4, 0.5) is 0 Å². The molecule has 35 heavy (non-hydrogen) atoms. The minimum atomic E-state index is -1.30. The van der Waals surface area contributed by atoms with Crippen molar-refractivity contribution in [3.63, 3.8) is 0 Å². The van der Waals surface area contributed by atoms with Gasteiger partial charge in [0.2, 0.25) is 0 Å². The number of benzene rings is 3. The number of phenolic OH excluding ortho intramolecular Hbond substituents is 3. The van der Waals surface area contributed by atoms with Crippen LogP contribution in [0.1, 0.15) is 44.4 Å². The molecule has 0 spiro atoms. The van der Waals surface area contributed by atoms with Crippen LogP contribution in [0.15, 0.2) is 42.5 Å². The number of aromatic carboxylic acids is 1. The van der Waals surface area contributed by atoms with E-state index in [0.717, 1.165) is 6.07 Å². The summed E-state index contributed by atoms with van der Waals surface area (Å²) in [6, 6.07) is 10.5. The van der Waals surface area contributed by atoms with E-state index >= 15 is 0 Å². The summed E-state index contributed by atoms with van der Waals surface area (Å²) in [5.41, 5.74) is 1.76. The summed E-state index contributed by atoms with van der Waals surface area (Å²) in [4.78, 5) is 42.7. The van der Waals surface area contributed by atoms with E-state index in [1.807, 2.05) is 0 Å². The quantitative estimate of drug-likeness (QED) is 0.282. The maximum absolute atomic E-state index is 13.1. The average molecular weight is 468 g/mol. The molecule has 5 aromatic rings. The van der Waals surface area contributed by atoms with E-state index in [0.29, 0.717) is 16.7 Å². The van der Waals surface area contributed by atoms with Gasteiger partial charge in [-0.3, -0.25) is 4.79 Å². The monoisotopic (exact) mass is 468 g/mol. The van der Waals surface area contributed by atoms with Crippen molar-refractivity contribution in [3.8, 4) is 17.2 Å². The first-order valence-electron chi connectivity index (χ1n) is 10.7. The van der Waals surface area contributed by atoms with Gasteiger partial charge < -0.3 is 20.4 Å². The van der Waals surface area contributed by atoms with E-state index in [1.165, 1.54) is 12.1 Å². The minimum Gasteiger partial charge on any atom is -0.508 e. The predicted molar refractivity (Wildman–Crippen MR) is 124 cm³/mol. The van der Waals surface area contributed by atoms with Crippen molar-refractivity contribution >= 4 is 44.9 Å². The third-order valence-corrected chi connectivity index (χ3v) is 6.26. The molecule has 0 bridgehead atoms. The molecule has 0 radical (unpaired) electrons. The van der Waals surface area contributed by atoms with E-state index in [2.05, 4.69) is 19.9 Å². The first kappa shape index (κ1) is 20.7. The van der Waals surface area contributed by atoms with Crippen molar-refractivity contribution in [2.75, 3.05) is 0 Å². The average Bonchev–Trinajstić information content (AvgIpc) is 2.82. The third-order valence-electron chi connectivity index (χ3n) is 6.26. The normalized spacial score (nSPS) is 15.5. The number of Topliss-reactive ketones (excluding diaryl/α,β-unsaturated/α-hetero) is 1. The van der Waals surface area contributed by atoms with Gasteiger partial charge in [-0.15, -0.1) is 0 Å². The van der Waals surface area contributed by atoms with Crippen LogP contribution in [0.25, 0.3) is 33.1 Å². The number of aromatic hydroxyl groups is 3. The van der Waals surface area contributed by atoms with Crippen LogP contribution in [0.3, 0.4) is 0 Å². The third kappa shape index (κ3) is 3.11. The summed E-state index contributed by atoms with van der Waals surface area (Å²) in [5, 5.41) is 41.0. The Bertz CT molecular complexity index is 1750. The highest BCUT2D eigenvalue weighted by Gasteiger charge is 2.33. The fourth-order valence-corrected chi connectivity index (χ4v) is 4.70. The lowest BCUT2D eigenvalue weighted by Crippen LogP contribution is -2.22. The van der Waals surface area contributed by atoms with Crippen LogP contribution in [0.5, 0.6) is 17.2 Å². The van der Waals surface area contributed by atoms with Gasteiger partial charge >= 0.3 is 5.97 Å². The number of aromatic nitrogens is 4. The van der Waals surface area contributed by atoms with E-state index in [9.17, 15) is 30.0 Å². The minimum absolute atomic E-state index is 0.0381. The lowest BCUT2D eigenvalue weighted by atomic mass is 9.81. The van der Waals surface area contributed by atoms with Crippen molar-refractivity contribution in [3.05, 3.63) is 65.0 Å². The Kier molecular flexibility index (Phi) is 4.34. The van der Waals surface area contributed by atoms with Gasteiger partial charge in [-0.25, -0.2) is 24.7 Å². The molecular formula is C25H16N4O6. The molecule has 0 saturated heterocycles. The van der Waals surface area contributed by atoms with Crippen LogP contribution in [-0.4, -0.2) is 52.1 Å². The fourth-order valence-electron chi connectivity index (χ4n) is 4.70. The highest BCUT2D eigenvalue weighted by molar-refractivity contribution is 6.06. The maximum Gasteiger partial charge on any atom is 0.338 e. The number of carboxylic acid groups (broad SMARTS) is 1. The Hall–Kier alpha value is -4.86. The summed E-state index contributed by atoms with van der Waals surface area (Å²) in [7, 11) is 0. The Morgan fingerprint density at radius 1 is 0.771 bits per heavy atom. The molecule has 0 aliphatic heterocycles. The van der Waals surface area contributed by atoms with Gasteiger partial charge in [-0.2, -0.15) is 0 Å². The molecule has 0 unspecified atom stereocenters. The van der Waals surface area contributed by atoms with Crippen LogP contribution in [0.2, 0.25) is 0 Å². The molecule has 6 rings (SSSR count). The molecule has 0 fully saturated rings.